The van der Waals surface area contributed by atoms with Gasteiger partial charge in [0.1, 0.15) is 0 Å². The quantitative estimate of drug-likeness (QED) is 0.191. The number of nitrogens with zero attached hydrogens (tertiary/aromatic N) is 2. The third-order valence-corrected chi connectivity index (χ3v) is 3.09. The van der Waals surface area contributed by atoms with E-state index in [0.29, 0.717) is 22.5 Å². The van der Waals surface area contributed by atoms with Crippen molar-refractivity contribution in [3.05, 3.63) is 71.8 Å². The Labute approximate surface area is 128 Å². The van der Waals surface area contributed by atoms with E-state index >= 15 is 0 Å². The van der Waals surface area contributed by atoms with E-state index in [1.165, 1.54) is 0 Å². The van der Waals surface area contributed by atoms with Gasteiger partial charge in [0.2, 0.25) is 0 Å². The first-order chi connectivity index (χ1) is 10.2. The molecule has 2 aromatic carbocycles. The molecule has 116 valence electrons. The molecule has 2 aromatic rings. The Kier molecular flexibility index (Phi) is 4.37. The van der Waals surface area contributed by atoms with Crippen LogP contribution in [0.1, 0.15) is 11.1 Å². The SMILES string of the molecule is N[N+](N)(N)C(=C(c1ccccc1)[N+](N)(N)N)c1ccccc1. The fraction of sp³-hybridized carbons (Fsp3) is 0. The highest BCUT2D eigenvalue weighted by atomic mass is 15.9. The van der Waals surface area contributed by atoms with Crippen molar-refractivity contribution in [3.63, 3.8) is 0 Å². The van der Waals surface area contributed by atoms with Crippen molar-refractivity contribution in [2.24, 2.45) is 35.1 Å². The monoisotopic (exact) mass is 302 g/mol. The maximum atomic E-state index is 5.91. The Bertz CT molecular complexity index is 593. The van der Waals surface area contributed by atoms with Gasteiger partial charge in [-0.25, -0.2) is 0 Å². The molecular formula is C14H22N8+2. The molecule has 0 bridgehead atoms. The van der Waals surface area contributed by atoms with Crippen molar-refractivity contribution in [1.29, 1.82) is 0 Å². The Hall–Kier alpha value is -2.14. The van der Waals surface area contributed by atoms with Crippen LogP contribution >= 0.6 is 0 Å². The molecule has 0 spiro atoms. The van der Waals surface area contributed by atoms with Crippen molar-refractivity contribution in [1.82, 2.24) is 0 Å². The molecule has 8 heteroatoms. The fourth-order valence-corrected chi connectivity index (χ4v) is 2.28. The highest BCUT2D eigenvalue weighted by Gasteiger charge is 2.38. The average molecular weight is 302 g/mol. The molecule has 0 saturated heterocycles. The summed E-state index contributed by atoms with van der Waals surface area (Å²) in [6.07, 6.45) is 0. The third kappa shape index (κ3) is 3.54. The Morgan fingerprint density at radius 3 is 1.00 bits per heavy atom. The van der Waals surface area contributed by atoms with Crippen LogP contribution in [0.5, 0.6) is 0 Å². The van der Waals surface area contributed by atoms with Gasteiger partial charge in [-0.15, -0.1) is 35.1 Å². The van der Waals surface area contributed by atoms with E-state index in [9.17, 15) is 0 Å². The summed E-state index contributed by atoms with van der Waals surface area (Å²) >= 11 is 0. The number of quaternary nitrogens is 2. The summed E-state index contributed by atoms with van der Waals surface area (Å²) in [5.74, 6) is 35.4. The second kappa shape index (κ2) is 5.93. The number of nitrogens with two attached hydrogens (primary N) is 6. The van der Waals surface area contributed by atoms with Crippen LogP contribution in [0.2, 0.25) is 0 Å². The average Bonchev–Trinajstić information content (AvgIpc) is 2.44. The minimum atomic E-state index is -0.958. The molecule has 0 saturated carbocycles. The Morgan fingerprint density at radius 1 is 0.500 bits per heavy atom. The summed E-state index contributed by atoms with van der Waals surface area (Å²) in [6.45, 7) is 0. The van der Waals surface area contributed by atoms with Crippen LogP contribution in [0, 0.1) is 0 Å². The molecule has 0 heterocycles. The van der Waals surface area contributed by atoms with Crippen molar-refractivity contribution >= 4 is 11.4 Å². The van der Waals surface area contributed by atoms with Gasteiger partial charge in [-0.3, -0.25) is 0 Å². The van der Waals surface area contributed by atoms with Gasteiger partial charge in [0.25, 0.3) is 11.4 Å². The van der Waals surface area contributed by atoms with Crippen molar-refractivity contribution in [2.75, 3.05) is 0 Å². The smallest absolute Gasteiger partial charge is 0.136 e. The maximum absolute atomic E-state index is 5.91. The number of hydrogen-bond donors (Lipinski definition) is 6. The summed E-state index contributed by atoms with van der Waals surface area (Å²) in [7, 11) is 0. The molecule has 2 rings (SSSR count). The molecule has 0 radical (unpaired) electrons. The van der Waals surface area contributed by atoms with Gasteiger partial charge in [-0.1, -0.05) is 46.0 Å². The first kappa shape index (κ1) is 16.2. The topological polar surface area (TPSA) is 156 Å². The normalized spacial score (nSPS) is 13.7. The van der Waals surface area contributed by atoms with E-state index in [1.807, 2.05) is 36.4 Å². The molecule has 22 heavy (non-hydrogen) atoms. The molecule has 0 aromatic heterocycles. The van der Waals surface area contributed by atoms with Crippen molar-refractivity contribution in [2.45, 2.75) is 0 Å². The second-order valence-corrected chi connectivity index (χ2v) is 5.10. The summed E-state index contributed by atoms with van der Waals surface area (Å²) in [5.41, 5.74) is 1.94. The maximum Gasteiger partial charge on any atom is 0.266 e. The summed E-state index contributed by atoms with van der Waals surface area (Å²) in [5, 5.41) is 0. The Balaban J connectivity index is 2.84. The molecule has 12 N–H and O–H groups in total. The minimum Gasteiger partial charge on any atom is -0.136 e. The predicted octanol–water partition coefficient (Wildman–Crippen LogP) is -0.612. The van der Waals surface area contributed by atoms with Crippen molar-refractivity contribution < 1.29 is 9.62 Å². The molecule has 0 atom stereocenters. The molecule has 0 amide bonds. The minimum absolute atomic E-state index is 0.305. The third-order valence-electron chi connectivity index (χ3n) is 3.09. The fourth-order valence-electron chi connectivity index (χ4n) is 2.28. The molecule has 0 aliphatic heterocycles. The van der Waals surface area contributed by atoms with Crippen LogP contribution in [-0.4, -0.2) is 9.62 Å². The van der Waals surface area contributed by atoms with Gasteiger partial charge in [0, 0.05) is 11.1 Å². The zero-order valence-electron chi connectivity index (χ0n) is 12.1. The first-order valence-corrected chi connectivity index (χ1v) is 6.57. The lowest BCUT2D eigenvalue weighted by Gasteiger charge is -2.28. The summed E-state index contributed by atoms with van der Waals surface area (Å²) in [4.78, 5) is -1.92. The van der Waals surface area contributed by atoms with Gasteiger partial charge in [0.15, 0.2) is 0 Å². The lowest BCUT2D eigenvalue weighted by Crippen LogP contribution is -2.69. The van der Waals surface area contributed by atoms with Crippen LogP contribution in [-0.2, 0) is 0 Å². The lowest BCUT2D eigenvalue weighted by atomic mass is 10.0. The van der Waals surface area contributed by atoms with Gasteiger partial charge in [-0.2, -0.15) is 0 Å². The zero-order valence-corrected chi connectivity index (χ0v) is 12.1. The van der Waals surface area contributed by atoms with E-state index in [2.05, 4.69) is 0 Å². The van der Waals surface area contributed by atoms with Gasteiger partial charge in [0.05, 0.1) is 0 Å². The van der Waals surface area contributed by atoms with E-state index in [0.717, 1.165) is 0 Å². The molecule has 0 unspecified atom stereocenters. The molecule has 0 aliphatic carbocycles. The molecule has 0 fully saturated rings. The zero-order chi connectivity index (χ0) is 16.4. The standard InChI is InChI=1S/C14H22N8/c15-21(16,17)13(11-7-3-1-4-8-11)14(22(18,19)20)12-9-5-2-6-10-12/h1-10H,15-20H2/q+2. The van der Waals surface area contributed by atoms with Crippen LogP contribution in [0.3, 0.4) is 0 Å². The number of hydrogen-bond acceptors (Lipinski definition) is 6. The molecule has 8 nitrogen and oxygen atoms in total. The van der Waals surface area contributed by atoms with E-state index in [4.69, 9.17) is 35.1 Å². The van der Waals surface area contributed by atoms with Gasteiger partial charge < -0.3 is 0 Å². The largest absolute Gasteiger partial charge is 0.266 e. The second-order valence-electron chi connectivity index (χ2n) is 5.10. The predicted molar refractivity (Wildman–Crippen MR) is 85.3 cm³/mol. The van der Waals surface area contributed by atoms with E-state index < -0.39 is 9.62 Å². The lowest BCUT2D eigenvalue weighted by molar-refractivity contribution is -0.917. The van der Waals surface area contributed by atoms with E-state index in [-0.39, 0.29) is 0 Å². The summed E-state index contributed by atoms with van der Waals surface area (Å²) < 4.78 is 0. The molecular weight excluding hydrogens is 280 g/mol. The van der Waals surface area contributed by atoms with Crippen LogP contribution in [0.4, 0.5) is 0 Å². The summed E-state index contributed by atoms with van der Waals surface area (Å²) in [6, 6.07) is 18.2. The van der Waals surface area contributed by atoms with Gasteiger partial charge in [-0.05, 0) is 24.3 Å². The van der Waals surface area contributed by atoms with Crippen molar-refractivity contribution in [3.8, 4) is 0 Å². The van der Waals surface area contributed by atoms with Crippen LogP contribution in [0.25, 0.3) is 11.4 Å². The highest BCUT2D eigenvalue weighted by Crippen LogP contribution is 2.30. The molecule has 0 aliphatic rings. The van der Waals surface area contributed by atoms with Crippen LogP contribution in [0.15, 0.2) is 60.7 Å². The van der Waals surface area contributed by atoms with E-state index in [1.54, 1.807) is 24.3 Å². The highest BCUT2D eigenvalue weighted by molar-refractivity contribution is 5.83. The number of benzene rings is 2. The Morgan fingerprint density at radius 2 is 0.773 bits per heavy atom. The van der Waals surface area contributed by atoms with Gasteiger partial charge >= 0.3 is 0 Å². The number of rotatable bonds is 4. The first-order valence-electron chi connectivity index (χ1n) is 6.57. The van der Waals surface area contributed by atoms with Crippen LogP contribution < -0.4 is 35.1 Å².